The van der Waals surface area contributed by atoms with Gasteiger partial charge < -0.3 is 14.8 Å². The smallest absolute Gasteiger partial charge is 0.156 e. The predicted molar refractivity (Wildman–Crippen MR) is 122 cm³/mol. The highest BCUT2D eigenvalue weighted by atomic mass is 35.5. The fourth-order valence-corrected chi connectivity index (χ4v) is 3.68. The van der Waals surface area contributed by atoms with Gasteiger partial charge in [0.15, 0.2) is 5.82 Å². The van der Waals surface area contributed by atoms with Crippen LogP contribution in [-0.2, 0) is 6.54 Å². The van der Waals surface area contributed by atoms with Crippen LogP contribution in [0, 0.1) is 0 Å². The number of benzene rings is 3. The van der Waals surface area contributed by atoms with Crippen LogP contribution in [0.25, 0.3) is 22.0 Å². The summed E-state index contributed by atoms with van der Waals surface area (Å²) in [6.07, 6.45) is 0. The molecule has 0 aliphatic carbocycles. The van der Waals surface area contributed by atoms with Crippen LogP contribution in [-0.4, -0.2) is 24.4 Å². The molecule has 0 amide bonds. The van der Waals surface area contributed by atoms with Crippen molar-refractivity contribution in [3.8, 4) is 22.8 Å². The summed E-state index contributed by atoms with van der Waals surface area (Å²) in [5.41, 5.74) is 2.70. The van der Waals surface area contributed by atoms with Gasteiger partial charge in [-0.1, -0.05) is 29.3 Å². The zero-order valence-electron chi connectivity index (χ0n) is 16.4. The third-order valence-corrected chi connectivity index (χ3v) is 5.31. The molecule has 30 heavy (non-hydrogen) atoms. The molecule has 1 heterocycles. The zero-order valence-corrected chi connectivity index (χ0v) is 18.0. The van der Waals surface area contributed by atoms with E-state index in [-0.39, 0.29) is 0 Å². The number of nitrogens with zero attached hydrogens (tertiary/aromatic N) is 2. The summed E-state index contributed by atoms with van der Waals surface area (Å²) < 4.78 is 10.4. The van der Waals surface area contributed by atoms with Crippen molar-refractivity contribution in [2.45, 2.75) is 6.54 Å². The third-order valence-electron chi connectivity index (χ3n) is 4.78. The lowest BCUT2D eigenvalue weighted by Gasteiger charge is -2.12. The Kier molecular flexibility index (Phi) is 5.93. The van der Waals surface area contributed by atoms with Crippen LogP contribution in [0.5, 0.6) is 11.5 Å². The van der Waals surface area contributed by atoms with E-state index in [9.17, 15) is 0 Å². The molecule has 0 saturated heterocycles. The lowest BCUT2D eigenvalue weighted by Crippen LogP contribution is -2.04. The molecule has 0 spiro atoms. The Morgan fingerprint density at radius 2 is 1.63 bits per heavy atom. The standard InChI is InChI=1S/C23H19Cl2N3O2/c1-29-17-7-4-15(5-8-17)22-19-12-16(24)6-9-18(19)23(28-27-22)26-13-14-3-10-21(30-2)20(25)11-14/h3-12H,13H2,1-2H3,(H,26,28). The van der Waals surface area contributed by atoms with Gasteiger partial charge in [-0.2, -0.15) is 0 Å². The van der Waals surface area contributed by atoms with E-state index in [2.05, 4.69) is 15.5 Å². The molecule has 0 unspecified atom stereocenters. The third kappa shape index (κ3) is 4.13. The first kappa shape index (κ1) is 20.3. The molecule has 0 aliphatic rings. The van der Waals surface area contributed by atoms with Crippen molar-refractivity contribution >= 4 is 39.8 Å². The molecule has 0 bridgehead atoms. The average molecular weight is 440 g/mol. The predicted octanol–water partition coefficient (Wildman–Crippen LogP) is 6.23. The largest absolute Gasteiger partial charge is 0.497 e. The molecule has 7 heteroatoms. The molecule has 0 fully saturated rings. The second-order valence-corrected chi connectivity index (χ2v) is 7.48. The van der Waals surface area contributed by atoms with Gasteiger partial charge in [-0.3, -0.25) is 0 Å². The summed E-state index contributed by atoms with van der Waals surface area (Å²) in [4.78, 5) is 0. The van der Waals surface area contributed by atoms with Gasteiger partial charge in [-0.05, 0) is 60.2 Å². The minimum absolute atomic E-state index is 0.540. The Bertz CT molecular complexity index is 1200. The van der Waals surface area contributed by atoms with Crippen LogP contribution in [0.2, 0.25) is 10.0 Å². The van der Waals surface area contributed by atoms with Gasteiger partial charge in [-0.15, -0.1) is 10.2 Å². The number of fused-ring (bicyclic) bond motifs is 1. The first-order chi connectivity index (χ1) is 14.6. The summed E-state index contributed by atoms with van der Waals surface area (Å²) in [6.45, 7) is 0.540. The summed E-state index contributed by atoms with van der Waals surface area (Å²) in [5, 5.41) is 15.3. The molecule has 1 N–H and O–H groups in total. The Hall–Kier alpha value is -3.02. The molecular formula is C23H19Cl2N3O2. The second kappa shape index (κ2) is 8.78. The van der Waals surface area contributed by atoms with E-state index >= 15 is 0 Å². The lowest BCUT2D eigenvalue weighted by molar-refractivity contribution is 0.415. The van der Waals surface area contributed by atoms with Crippen LogP contribution >= 0.6 is 23.2 Å². The van der Waals surface area contributed by atoms with Crippen molar-refractivity contribution in [3.63, 3.8) is 0 Å². The minimum atomic E-state index is 0.540. The van der Waals surface area contributed by atoms with Gasteiger partial charge in [0.05, 0.1) is 19.2 Å². The van der Waals surface area contributed by atoms with Crippen LogP contribution in [0.4, 0.5) is 5.82 Å². The van der Waals surface area contributed by atoms with E-state index in [1.54, 1.807) is 14.2 Å². The molecule has 0 saturated carbocycles. The van der Waals surface area contributed by atoms with E-state index in [0.29, 0.717) is 28.2 Å². The Labute approximate surface area is 184 Å². The molecule has 3 aromatic carbocycles. The number of methoxy groups -OCH3 is 2. The molecule has 5 nitrogen and oxygen atoms in total. The van der Waals surface area contributed by atoms with Crippen LogP contribution < -0.4 is 14.8 Å². The van der Waals surface area contributed by atoms with Gasteiger partial charge in [0.1, 0.15) is 17.2 Å². The summed E-state index contributed by atoms with van der Waals surface area (Å²) in [5.74, 6) is 2.10. The maximum atomic E-state index is 6.28. The van der Waals surface area contributed by atoms with E-state index in [0.717, 1.165) is 33.3 Å². The second-order valence-electron chi connectivity index (χ2n) is 6.64. The van der Waals surface area contributed by atoms with Crippen molar-refractivity contribution in [1.29, 1.82) is 0 Å². The number of hydrogen-bond acceptors (Lipinski definition) is 5. The number of halogens is 2. The van der Waals surface area contributed by atoms with Crippen LogP contribution in [0.3, 0.4) is 0 Å². The molecule has 0 radical (unpaired) electrons. The molecule has 0 atom stereocenters. The van der Waals surface area contributed by atoms with Crippen molar-refractivity contribution in [2.75, 3.05) is 19.5 Å². The number of rotatable bonds is 6. The van der Waals surface area contributed by atoms with Gasteiger partial charge in [-0.25, -0.2) is 0 Å². The minimum Gasteiger partial charge on any atom is -0.497 e. The van der Waals surface area contributed by atoms with E-state index in [4.69, 9.17) is 32.7 Å². The van der Waals surface area contributed by atoms with Gasteiger partial charge in [0.2, 0.25) is 0 Å². The number of nitrogens with one attached hydrogen (secondary N) is 1. The molecule has 152 valence electrons. The Morgan fingerprint density at radius 3 is 2.33 bits per heavy atom. The van der Waals surface area contributed by atoms with E-state index in [1.807, 2.05) is 60.7 Å². The normalized spacial score (nSPS) is 10.8. The monoisotopic (exact) mass is 439 g/mol. The highest BCUT2D eigenvalue weighted by Crippen LogP contribution is 2.33. The number of anilines is 1. The summed E-state index contributed by atoms with van der Waals surface area (Å²) in [6, 6.07) is 19.1. The van der Waals surface area contributed by atoms with Crippen molar-refractivity contribution in [1.82, 2.24) is 10.2 Å². The first-order valence-corrected chi connectivity index (χ1v) is 10.0. The Balaban J connectivity index is 1.68. The molecule has 4 aromatic rings. The quantitative estimate of drug-likeness (QED) is 0.385. The van der Waals surface area contributed by atoms with Crippen LogP contribution in [0.15, 0.2) is 60.7 Å². The van der Waals surface area contributed by atoms with Crippen LogP contribution in [0.1, 0.15) is 5.56 Å². The van der Waals surface area contributed by atoms with Gasteiger partial charge in [0, 0.05) is 27.9 Å². The topological polar surface area (TPSA) is 56.3 Å². The Morgan fingerprint density at radius 1 is 0.833 bits per heavy atom. The maximum Gasteiger partial charge on any atom is 0.156 e. The van der Waals surface area contributed by atoms with E-state index < -0.39 is 0 Å². The van der Waals surface area contributed by atoms with Crippen molar-refractivity contribution < 1.29 is 9.47 Å². The van der Waals surface area contributed by atoms with E-state index in [1.165, 1.54) is 0 Å². The summed E-state index contributed by atoms with van der Waals surface area (Å²) in [7, 11) is 3.23. The lowest BCUT2D eigenvalue weighted by atomic mass is 10.0. The molecule has 4 rings (SSSR count). The SMILES string of the molecule is COc1ccc(-c2nnc(NCc3ccc(OC)c(Cl)c3)c3ccc(Cl)cc23)cc1. The highest BCUT2D eigenvalue weighted by Gasteiger charge is 2.12. The van der Waals surface area contributed by atoms with Crippen molar-refractivity contribution in [2.24, 2.45) is 0 Å². The maximum absolute atomic E-state index is 6.28. The summed E-state index contributed by atoms with van der Waals surface area (Å²) >= 11 is 12.5. The fraction of sp³-hybridized carbons (Fsp3) is 0.130. The van der Waals surface area contributed by atoms with Crippen molar-refractivity contribution in [3.05, 3.63) is 76.3 Å². The first-order valence-electron chi connectivity index (χ1n) is 9.25. The molecule has 1 aromatic heterocycles. The van der Waals surface area contributed by atoms with Gasteiger partial charge in [0.25, 0.3) is 0 Å². The van der Waals surface area contributed by atoms with Gasteiger partial charge >= 0.3 is 0 Å². The number of aromatic nitrogens is 2. The fourth-order valence-electron chi connectivity index (χ4n) is 3.22. The number of hydrogen-bond donors (Lipinski definition) is 1. The molecule has 0 aliphatic heterocycles. The highest BCUT2D eigenvalue weighted by molar-refractivity contribution is 6.32. The number of ether oxygens (including phenoxy) is 2. The zero-order chi connectivity index (χ0) is 21.1. The average Bonchev–Trinajstić information content (AvgIpc) is 2.77. The molecular weight excluding hydrogens is 421 g/mol.